The van der Waals surface area contributed by atoms with Gasteiger partial charge in [-0.05, 0) is 30.3 Å². The zero-order valence-corrected chi connectivity index (χ0v) is 15.3. The first-order valence-corrected chi connectivity index (χ1v) is 9.09. The van der Waals surface area contributed by atoms with Gasteiger partial charge in [0, 0.05) is 0 Å². The van der Waals surface area contributed by atoms with Gasteiger partial charge in [-0.2, -0.15) is 11.8 Å². The Bertz CT molecular complexity index is 416. The topological polar surface area (TPSA) is 122 Å². The van der Waals surface area contributed by atoms with Gasteiger partial charge in [-0.15, -0.1) is 0 Å². The molecule has 0 aliphatic carbocycles. The molecule has 3 unspecified atom stereocenters. The Labute approximate surface area is 142 Å². The van der Waals surface area contributed by atoms with Crippen molar-refractivity contribution in [3.63, 3.8) is 0 Å². The van der Waals surface area contributed by atoms with Crippen LogP contribution in [0.25, 0.3) is 0 Å². The molecule has 0 aliphatic heterocycles. The average molecular weight is 347 g/mol. The van der Waals surface area contributed by atoms with Crippen LogP contribution in [0.4, 0.5) is 0 Å². The lowest BCUT2D eigenvalue weighted by Crippen LogP contribution is -2.56. The van der Waals surface area contributed by atoms with Crippen molar-refractivity contribution in [3.05, 3.63) is 0 Å². The third-order valence-corrected chi connectivity index (χ3v) is 4.14. The number of hydrogen-bond acceptors (Lipinski definition) is 5. The van der Waals surface area contributed by atoms with Crippen LogP contribution in [0.1, 0.15) is 34.1 Å². The van der Waals surface area contributed by atoms with Gasteiger partial charge >= 0.3 is 5.97 Å². The van der Waals surface area contributed by atoms with Crippen LogP contribution in [0.3, 0.4) is 0 Å². The summed E-state index contributed by atoms with van der Waals surface area (Å²) in [5, 5.41) is 14.3. The molecule has 0 heterocycles. The molecule has 0 saturated carbocycles. The summed E-state index contributed by atoms with van der Waals surface area (Å²) in [5.41, 5.74) is 5.79. The molecule has 3 atom stereocenters. The van der Waals surface area contributed by atoms with E-state index in [9.17, 15) is 14.4 Å². The maximum atomic E-state index is 12.4. The van der Waals surface area contributed by atoms with Crippen molar-refractivity contribution in [2.24, 2.45) is 17.6 Å². The SMILES string of the molecule is CSCCC(NC(=O)C(N)C(C)C)C(=O)NC(C(=O)O)C(C)C. The van der Waals surface area contributed by atoms with Crippen molar-refractivity contribution in [1.82, 2.24) is 10.6 Å². The molecule has 0 aromatic heterocycles. The molecule has 7 nitrogen and oxygen atoms in total. The van der Waals surface area contributed by atoms with Crippen LogP contribution in [0.5, 0.6) is 0 Å². The third kappa shape index (κ3) is 7.69. The van der Waals surface area contributed by atoms with E-state index in [1.165, 1.54) is 0 Å². The Balaban J connectivity index is 4.97. The molecule has 0 fully saturated rings. The van der Waals surface area contributed by atoms with Gasteiger partial charge in [0.15, 0.2) is 0 Å². The van der Waals surface area contributed by atoms with E-state index in [4.69, 9.17) is 10.8 Å². The molecule has 0 spiro atoms. The van der Waals surface area contributed by atoms with Crippen molar-refractivity contribution in [3.8, 4) is 0 Å². The Kier molecular flexibility index (Phi) is 9.90. The summed E-state index contributed by atoms with van der Waals surface area (Å²) in [4.78, 5) is 35.6. The molecule has 0 bridgehead atoms. The number of carbonyl (C=O) groups excluding carboxylic acids is 2. The molecule has 23 heavy (non-hydrogen) atoms. The van der Waals surface area contributed by atoms with Crippen molar-refractivity contribution in [2.45, 2.75) is 52.2 Å². The number of hydrogen-bond donors (Lipinski definition) is 4. The fraction of sp³-hybridized carbons (Fsp3) is 0.800. The first kappa shape index (κ1) is 21.7. The fourth-order valence-electron chi connectivity index (χ4n) is 1.84. The van der Waals surface area contributed by atoms with Gasteiger partial charge in [0.2, 0.25) is 11.8 Å². The smallest absolute Gasteiger partial charge is 0.326 e. The van der Waals surface area contributed by atoms with E-state index >= 15 is 0 Å². The summed E-state index contributed by atoms with van der Waals surface area (Å²) >= 11 is 1.54. The highest BCUT2D eigenvalue weighted by molar-refractivity contribution is 7.98. The van der Waals surface area contributed by atoms with Crippen molar-refractivity contribution >= 4 is 29.5 Å². The lowest BCUT2D eigenvalue weighted by molar-refractivity contribution is -0.143. The second-order valence-electron chi connectivity index (χ2n) is 6.18. The minimum Gasteiger partial charge on any atom is -0.480 e. The highest BCUT2D eigenvalue weighted by Crippen LogP contribution is 2.07. The van der Waals surface area contributed by atoms with Gasteiger partial charge in [0.05, 0.1) is 6.04 Å². The van der Waals surface area contributed by atoms with Gasteiger partial charge in [-0.25, -0.2) is 4.79 Å². The maximum absolute atomic E-state index is 12.4. The number of carbonyl (C=O) groups is 3. The molecule has 2 amide bonds. The summed E-state index contributed by atoms with van der Waals surface area (Å²) in [7, 11) is 0. The van der Waals surface area contributed by atoms with E-state index in [2.05, 4.69) is 10.6 Å². The van der Waals surface area contributed by atoms with Crippen molar-refractivity contribution < 1.29 is 19.5 Å². The molecular weight excluding hydrogens is 318 g/mol. The highest BCUT2D eigenvalue weighted by Gasteiger charge is 2.29. The average Bonchev–Trinajstić information content (AvgIpc) is 2.46. The van der Waals surface area contributed by atoms with E-state index < -0.39 is 35.9 Å². The minimum absolute atomic E-state index is 0.0540. The number of aliphatic carboxylic acids is 1. The van der Waals surface area contributed by atoms with Crippen LogP contribution in [0, 0.1) is 11.8 Å². The second-order valence-corrected chi connectivity index (χ2v) is 7.17. The van der Waals surface area contributed by atoms with Crippen molar-refractivity contribution in [2.75, 3.05) is 12.0 Å². The summed E-state index contributed by atoms with van der Waals surface area (Å²) in [6.07, 6.45) is 2.30. The van der Waals surface area contributed by atoms with Gasteiger partial charge in [0.25, 0.3) is 0 Å². The van der Waals surface area contributed by atoms with E-state index in [0.717, 1.165) is 0 Å². The van der Waals surface area contributed by atoms with Gasteiger partial charge in [-0.1, -0.05) is 27.7 Å². The van der Waals surface area contributed by atoms with E-state index in [1.54, 1.807) is 25.6 Å². The predicted molar refractivity (Wildman–Crippen MR) is 92.1 cm³/mol. The molecule has 8 heteroatoms. The van der Waals surface area contributed by atoms with E-state index in [0.29, 0.717) is 12.2 Å². The molecule has 0 saturated heterocycles. The normalized spacial score (nSPS) is 15.1. The molecule has 0 aromatic carbocycles. The summed E-state index contributed by atoms with van der Waals surface area (Å²) < 4.78 is 0. The lowest BCUT2D eigenvalue weighted by Gasteiger charge is -2.25. The largest absolute Gasteiger partial charge is 0.480 e. The number of nitrogens with two attached hydrogens (primary N) is 1. The zero-order chi connectivity index (χ0) is 18.2. The number of amides is 2. The molecule has 134 valence electrons. The molecule has 5 N–H and O–H groups in total. The molecular formula is C15H29N3O4S. The summed E-state index contributed by atoms with van der Waals surface area (Å²) in [6, 6.07) is -2.49. The van der Waals surface area contributed by atoms with E-state index in [1.807, 2.05) is 20.1 Å². The number of carboxylic acids is 1. The first-order valence-electron chi connectivity index (χ1n) is 7.69. The fourth-order valence-corrected chi connectivity index (χ4v) is 2.31. The minimum atomic E-state index is -1.10. The Morgan fingerprint density at radius 1 is 1.04 bits per heavy atom. The molecule has 0 rings (SSSR count). The quantitative estimate of drug-likeness (QED) is 0.455. The van der Waals surface area contributed by atoms with E-state index in [-0.39, 0.29) is 11.8 Å². The van der Waals surface area contributed by atoms with Crippen LogP contribution in [-0.2, 0) is 14.4 Å². The monoisotopic (exact) mass is 347 g/mol. The number of thioether (sulfide) groups is 1. The van der Waals surface area contributed by atoms with Crippen LogP contribution >= 0.6 is 11.8 Å². The van der Waals surface area contributed by atoms with Crippen molar-refractivity contribution in [1.29, 1.82) is 0 Å². The third-order valence-electron chi connectivity index (χ3n) is 3.50. The second kappa shape index (κ2) is 10.5. The van der Waals surface area contributed by atoms with Gasteiger partial charge < -0.3 is 21.5 Å². The Morgan fingerprint density at radius 3 is 2.00 bits per heavy atom. The Hall–Kier alpha value is -1.28. The molecule has 0 radical (unpaired) electrons. The van der Waals surface area contributed by atoms with Crippen LogP contribution in [0.2, 0.25) is 0 Å². The van der Waals surface area contributed by atoms with Gasteiger partial charge in [-0.3, -0.25) is 9.59 Å². The summed E-state index contributed by atoms with van der Waals surface area (Å²) in [6.45, 7) is 7.06. The molecule has 0 aliphatic rings. The molecule has 0 aromatic rings. The predicted octanol–water partition coefficient (Wildman–Crippen LogP) is 0.433. The van der Waals surface area contributed by atoms with Crippen LogP contribution in [-0.4, -0.2) is 53.0 Å². The van der Waals surface area contributed by atoms with Gasteiger partial charge in [0.1, 0.15) is 12.1 Å². The number of rotatable bonds is 10. The number of carboxylic acid groups (broad SMARTS) is 1. The van der Waals surface area contributed by atoms with Crippen LogP contribution in [0.15, 0.2) is 0 Å². The van der Waals surface area contributed by atoms with Crippen LogP contribution < -0.4 is 16.4 Å². The zero-order valence-electron chi connectivity index (χ0n) is 14.5. The number of nitrogens with one attached hydrogen (secondary N) is 2. The summed E-state index contributed by atoms with van der Waals surface area (Å²) in [5.74, 6) is -1.65. The maximum Gasteiger partial charge on any atom is 0.326 e. The Morgan fingerprint density at radius 2 is 1.61 bits per heavy atom. The highest BCUT2D eigenvalue weighted by atomic mass is 32.2. The lowest BCUT2D eigenvalue weighted by atomic mass is 10.0. The standard InChI is InChI=1S/C15H29N3O4S/c1-8(2)11(16)14(20)17-10(6-7-23-5)13(19)18-12(9(3)4)15(21)22/h8-12H,6-7,16H2,1-5H3,(H,17,20)(H,18,19)(H,21,22). The first-order chi connectivity index (χ1) is 10.6.